The maximum atomic E-state index is 7.08. The van der Waals surface area contributed by atoms with Crippen LogP contribution in [0.5, 0.6) is 0 Å². The van der Waals surface area contributed by atoms with E-state index in [-0.39, 0.29) is 0 Å². The Balaban J connectivity index is 1.74. The molecule has 0 amide bonds. The molecule has 0 saturated heterocycles. The van der Waals surface area contributed by atoms with Gasteiger partial charge < -0.3 is 8.85 Å². The van der Waals surface area contributed by atoms with Crippen LogP contribution < -0.4 is 10.4 Å². The highest BCUT2D eigenvalue weighted by Gasteiger charge is 2.45. The zero-order chi connectivity index (χ0) is 21.8. The minimum Gasteiger partial charge on any atom is -0.388 e. The summed E-state index contributed by atoms with van der Waals surface area (Å²) >= 11 is 0. The van der Waals surface area contributed by atoms with Crippen LogP contribution in [-0.2, 0) is 8.85 Å². The number of benzene rings is 2. The average molecular weight is 439 g/mol. The molecule has 2 nitrogen and oxygen atoms in total. The largest absolute Gasteiger partial charge is 0.407 e. The topological polar surface area (TPSA) is 18.5 Å². The van der Waals surface area contributed by atoms with Gasteiger partial charge in [0.05, 0.1) is 0 Å². The molecule has 0 aromatic heterocycles. The molecule has 3 rings (SSSR count). The van der Waals surface area contributed by atoms with Crippen molar-refractivity contribution in [2.45, 2.75) is 90.6 Å². The van der Waals surface area contributed by atoms with Crippen molar-refractivity contribution in [1.29, 1.82) is 0 Å². The Morgan fingerprint density at radius 3 is 1.77 bits per heavy atom. The Morgan fingerprint density at radius 2 is 1.23 bits per heavy atom. The van der Waals surface area contributed by atoms with E-state index >= 15 is 0 Å². The molecule has 31 heavy (non-hydrogen) atoms. The second-order valence-electron chi connectivity index (χ2n) is 9.32. The molecule has 2 aromatic rings. The molecule has 0 N–H and O–H groups in total. The number of unbranched alkanes of at least 4 members (excludes halogenated alkanes) is 6. The van der Waals surface area contributed by atoms with Crippen molar-refractivity contribution in [2.75, 3.05) is 6.61 Å². The standard InChI is InChI=1S/C28H42O2Si/c1-3-4-5-6-7-8-15-24-29-31(27-16-11-9-12-17-27,28-18-13-10-14-19-28)30-26-22-20-25(2)21-23-26/h9-14,16-19,25-26H,3-8,15,20-24H2,1-2H3. The van der Waals surface area contributed by atoms with Gasteiger partial charge in [0.15, 0.2) is 0 Å². The van der Waals surface area contributed by atoms with Gasteiger partial charge in [-0.25, -0.2) is 0 Å². The van der Waals surface area contributed by atoms with Crippen LogP contribution >= 0.6 is 0 Å². The van der Waals surface area contributed by atoms with Gasteiger partial charge in [0.25, 0.3) is 0 Å². The Bertz CT molecular complexity index is 671. The summed E-state index contributed by atoms with van der Waals surface area (Å²) in [5.74, 6) is 0.818. The fraction of sp³-hybridized carbons (Fsp3) is 0.571. The lowest BCUT2D eigenvalue weighted by Crippen LogP contribution is -2.65. The fourth-order valence-corrected chi connectivity index (χ4v) is 8.08. The molecule has 0 atom stereocenters. The summed E-state index contributed by atoms with van der Waals surface area (Å²) in [5, 5.41) is 2.48. The summed E-state index contributed by atoms with van der Waals surface area (Å²) in [4.78, 5) is 0. The van der Waals surface area contributed by atoms with Gasteiger partial charge >= 0.3 is 8.56 Å². The Labute approximate surface area is 191 Å². The molecule has 0 radical (unpaired) electrons. The molecule has 0 spiro atoms. The predicted octanol–water partition coefficient (Wildman–Crippen LogP) is 6.61. The quantitative estimate of drug-likeness (QED) is 0.259. The lowest BCUT2D eigenvalue weighted by Gasteiger charge is -2.37. The Kier molecular flexibility index (Phi) is 10.3. The van der Waals surface area contributed by atoms with Crippen LogP contribution in [0, 0.1) is 5.92 Å². The maximum Gasteiger partial charge on any atom is 0.407 e. The minimum atomic E-state index is -2.74. The van der Waals surface area contributed by atoms with E-state index in [1.807, 2.05) is 0 Å². The lowest BCUT2D eigenvalue weighted by molar-refractivity contribution is 0.0891. The maximum absolute atomic E-state index is 7.08. The average Bonchev–Trinajstić information content (AvgIpc) is 2.82. The molecule has 0 heterocycles. The lowest BCUT2D eigenvalue weighted by atomic mass is 9.89. The highest BCUT2D eigenvalue weighted by Crippen LogP contribution is 2.28. The summed E-state index contributed by atoms with van der Waals surface area (Å²) in [6.45, 7) is 5.43. The van der Waals surface area contributed by atoms with Crippen LogP contribution in [0.15, 0.2) is 60.7 Å². The molecule has 1 saturated carbocycles. The first-order valence-corrected chi connectivity index (χ1v) is 14.5. The van der Waals surface area contributed by atoms with Crippen LogP contribution in [0.3, 0.4) is 0 Å². The van der Waals surface area contributed by atoms with E-state index in [1.54, 1.807) is 0 Å². The van der Waals surface area contributed by atoms with E-state index in [2.05, 4.69) is 74.5 Å². The van der Waals surface area contributed by atoms with Crippen LogP contribution in [0.25, 0.3) is 0 Å². The molecule has 0 unspecified atom stereocenters. The summed E-state index contributed by atoms with van der Waals surface area (Å²) in [5.41, 5.74) is 0. The molecule has 1 fully saturated rings. The molecular weight excluding hydrogens is 396 g/mol. The SMILES string of the molecule is CCCCCCCCCO[Si](OC1CCC(C)CC1)(c1ccccc1)c1ccccc1. The summed E-state index contributed by atoms with van der Waals surface area (Å²) in [7, 11) is -2.74. The van der Waals surface area contributed by atoms with Gasteiger partial charge in [-0.15, -0.1) is 0 Å². The van der Waals surface area contributed by atoms with Gasteiger partial charge in [-0.05, 0) is 48.4 Å². The van der Waals surface area contributed by atoms with E-state index in [0.29, 0.717) is 6.10 Å². The Morgan fingerprint density at radius 1 is 0.710 bits per heavy atom. The van der Waals surface area contributed by atoms with Crippen LogP contribution in [-0.4, -0.2) is 21.3 Å². The first-order chi connectivity index (χ1) is 15.2. The summed E-state index contributed by atoms with van der Waals surface area (Å²) < 4.78 is 14.0. The molecule has 1 aliphatic rings. The van der Waals surface area contributed by atoms with Gasteiger partial charge in [-0.2, -0.15) is 0 Å². The van der Waals surface area contributed by atoms with Crippen molar-refractivity contribution in [3.8, 4) is 0 Å². The second-order valence-corrected chi connectivity index (χ2v) is 12.2. The monoisotopic (exact) mass is 438 g/mol. The first-order valence-electron chi connectivity index (χ1n) is 12.7. The van der Waals surface area contributed by atoms with Crippen LogP contribution in [0.2, 0.25) is 0 Å². The minimum absolute atomic E-state index is 0.303. The van der Waals surface area contributed by atoms with E-state index < -0.39 is 8.56 Å². The molecule has 2 aromatic carbocycles. The van der Waals surface area contributed by atoms with Gasteiger partial charge in [0.2, 0.25) is 0 Å². The third-order valence-corrected chi connectivity index (χ3v) is 10.1. The van der Waals surface area contributed by atoms with Crippen molar-refractivity contribution in [3.63, 3.8) is 0 Å². The smallest absolute Gasteiger partial charge is 0.388 e. The summed E-state index contributed by atoms with van der Waals surface area (Å²) in [6, 6.07) is 21.6. The third-order valence-electron chi connectivity index (χ3n) is 6.66. The highest BCUT2D eigenvalue weighted by molar-refractivity contribution is 6.92. The molecule has 3 heteroatoms. The van der Waals surface area contributed by atoms with Gasteiger partial charge in [0.1, 0.15) is 0 Å². The number of rotatable bonds is 13. The van der Waals surface area contributed by atoms with E-state index in [1.165, 1.54) is 61.7 Å². The predicted molar refractivity (Wildman–Crippen MR) is 134 cm³/mol. The molecule has 1 aliphatic carbocycles. The van der Waals surface area contributed by atoms with E-state index in [0.717, 1.165) is 31.8 Å². The van der Waals surface area contributed by atoms with Crippen molar-refractivity contribution >= 4 is 18.9 Å². The van der Waals surface area contributed by atoms with Crippen molar-refractivity contribution in [1.82, 2.24) is 0 Å². The van der Waals surface area contributed by atoms with Gasteiger partial charge in [-0.1, -0.05) is 113 Å². The zero-order valence-corrected chi connectivity index (χ0v) is 20.7. The molecular formula is C28H42O2Si. The van der Waals surface area contributed by atoms with Crippen LogP contribution in [0.1, 0.15) is 84.5 Å². The van der Waals surface area contributed by atoms with E-state index in [9.17, 15) is 0 Å². The molecule has 170 valence electrons. The van der Waals surface area contributed by atoms with Gasteiger partial charge in [-0.3, -0.25) is 0 Å². The van der Waals surface area contributed by atoms with Crippen LogP contribution in [0.4, 0.5) is 0 Å². The molecule has 0 bridgehead atoms. The number of hydrogen-bond donors (Lipinski definition) is 0. The third kappa shape index (κ3) is 7.30. The normalized spacial score (nSPS) is 19.4. The zero-order valence-electron chi connectivity index (χ0n) is 19.7. The first kappa shape index (κ1) is 24.2. The van der Waals surface area contributed by atoms with E-state index in [4.69, 9.17) is 8.85 Å². The second kappa shape index (κ2) is 13.2. The Hall–Kier alpha value is -1.42. The summed E-state index contributed by atoms with van der Waals surface area (Å²) in [6.07, 6.45) is 14.2. The van der Waals surface area contributed by atoms with Gasteiger partial charge in [0, 0.05) is 12.7 Å². The van der Waals surface area contributed by atoms with Crippen molar-refractivity contribution < 1.29 is 8.85 Å². The van der Waals surface area contributed by atoms with Crippen molar-refractivity contribution in [2.24, 2.45) is 5.92 Å². The fourth-order valence-electron chi connectivity index (χ4n) is 4.68. The van der Waals surface area contributed by atoms with Crippen molar-refractivity contribution in [3.05, 3.63) is 60.7 Å². The number of hydrogen-bond acceptors (Lipinski definition) is 2. The highest BCUT2D eigenvalue weighted by atomic mass is 28.4. The molecule has 0 aliphatic heterocycles.